The molecule has 1 aliphatic rings. The summed E-state index contributed by atoms with van der Waals surface area (Å²) in [6, 6.07) is 18.6. The van der Waals surface area contributed by atoms with Gasteiger partial charge in [-0.25, -0.2) is 0 Å². The number of hydrogen-bond donors (Lipinski definition) is 0. The Morgan fingerprint density at radius 2 is 1.83 bits per heavy atom. The molecule has 6 nitrogen and oxygen atoms in total. The number of benzene rings is 2. The van der Waals surface area contributed by atoms with Gasteiger partial charge in [0, 0.05) is 12.6 Å². The molecule has 4 rings (SSSR count). The quantitative estimate of drug-likeness (QED) is 0.677. The Morgan fingerprint density at radius 3 is 2.52 bits per heavy atom. The minimum Gasteiger partial charge on any atom is -0.476 e. The molecule has 0 N–H and O–H groups in total. The van der Waals surface area contributed by atoms with Crippen LogP contribution in [0.4, 0.5) is 11.4 Å². The van der Waals surface area contributed by atoms with Crippen molar-refractivity contribution in [1.29, 1.82) is 0 Å². The average Bonchev–Trinajstić information content (AvgIpc) is 3.24. The molecule has 1 aromatic heterocycles. The molecule has 3 aromatic rings. The van der Waals surface area contributed by atoms with E-state index in [0.717, 1.165) is 11.3 Å². The molecule has 2 aromatic carbocycles. The summed E-state index contributed by atoms with van der Waals surface area (Å²) in [5.74, 6) is 0.824. The first kappa shape index (κ1) is 18.8. The normalized spacial score (nSPS) is 15.4. The van der Waals surface area contributed by atoms with Crippen LogP contribution < -0.4 is 14.5 Å². The Kier molecular flexibility index (Phi) is 5.08. The van der Waals surface area contributed by atoms with Gasteiger partial charge in [-0.05, 0) is 43.3 Å². The Labute approximate surface area is 169 Å². The number of para-hydroxylation sites is 2. The van der Waals surface area contributed by atoms with E-state index in [0.29, 0.717) is 17.2 Å². The summed E-state index contributed by atoms with van der Waals surface area (Å²) in [5, 5.41) is 0. The fourth-order valence-electron chi connectivity index (χ4n) is 3.41. The fourth-order valence-corrected chi connectivity index (χ4v) is 3.41. The van der Waals surface area contributed by atoms with Crippen molar-refractivity contribution in [2.24, 2.45) is 0 Å². The third-order valence-electron chi connectivity index (χ3n) is 4.93. The number of hydrogen-bond acceptors (Lipinski definition) is 4. The van der Waals surface area contributed by atoms with Gasteiger partial charge in [-0.3, -0.25) is 9.59 Å². The van der Waals surface area contributed by atoms with E-state index in [1.807, 2.05) is 55.5 Å². The van der Waals surface area contributed by atoms with Crippen LogP contribution in [0.5, 0.6) is 5.75 Å². The number of carbonyl (C=O) groups excluding carboxylic acids is 2. The number of rotatable bonds is 4. The number of aryl methyl sites for hydroxylation is 1. The molecule has 1 aliphatic heterocycles. The van der Waals surface area contributed by atoms with Crippen LogP contribution in [0.1, 0.15) is 18.2 Å². The Balaban J connectivity index is 1.67. The van der Waals surface area contributed by atoms with Crippen molar-refractivity contribution in [1.82, 2.24) is 0 Å². The van der Waals surface area contributed by atoms with Gasteiger partial charge in [0.1, 0.15) is 11.5 Å². The number of carbonyl (C=O) groups is 2. The van der Waals surface area contributed by atoms with Gasteiger partial charge in [-0.1, -0.05) is 29.8 Å². The third-order valence-corrected chi connectivity index (χ3v) is 4.93. The topological polar surface area (TPSA) is 63.0 Å². The molecule has 2 amide bonds. The molecule has 148 valence electrons. The zero-order valence-corrected chi connectivity index (χ0v) is 16.4. The first-order valence-corrected chi connectivity index (χ1v) is 9.47. The highest BCUT2D eigenvalue weighted by molar-refractivity contribution is 6.00. The van der Waals surface area contributed by atoms with Gasteiger partial charge in [0.2, 0.25) is 5.91 Å². The highest BCUT2D eigenvalue weighted by Gasteiger charge is 2.35. The monoisotopic (exact) mass is 390 g/mol. The SMILES string of the molecule is CC(=O)N1CC(C(=O)N(Cc2ccco2)c2ccc(C)cc2)Oc2ccccc21. The van der Waals surface area contributed by atoms with Gasteiger partial charge in [-0.2, -0.15) is 0 Å². The maximum Gasteiger partial charge on any atom is 0.270 e. The molecule has 0 fully saturated rings. The van der Waals surface area contributed by atoms with E-state index in [1.165, 1.54) is 6.92 Å². The van der Waals surface area contributed by atoms with Crippen molar-refractivity contribution >= 4 is 23.2 Å². The summed E-state index contributed by atoms with van der Waals surface area (Å²) >= 11 is 0. The van der Waals surface area contributed by atoms with Crippen molar-refractivity contribution in [2.45, 2.75) is 26.5 Å². The lowest BCUT2D eigenvalue weighted by Gasteiger charge is -2.36. The van der Waals surface area contributed by atoms with E-state index < -0.39 is 6.10 Å². The number of furan rings is 1. The van der Waals surface area contributed by atoms with Gasteiger partial charge >= 0.3 is 0 Å². The fraction of sp³-hybridized carbons (Fsp3) is 0.217. The van der Waals surface area contributed by atoms with Crippen LogP contribution in [-0.2, 0) is 16.1 Å². The molecule has 0 bridgehead atoms. The lowest BCUT2D eigenvalue weighted by molar-refractivity contribution is -0.126. The number of nitrogens with zero attached hydrogens (tertiary/aromatic N) is 2. The Hall–Kier alpha value is -3.54. The smallest absolute Gasteiger partial charge is 0.270 e. The first-order valence-electron chi connectivity index (χ1n) is 9.47. The predicted molar refractivity (Wildman–Crippen MR) is 110 cm³/mol. The maximum absolute atomic E-state index is 13.5. The van der Waals surface area contributed by atoms with Crippen LogP contribution in [-0.4, -0.2) is 24.5 Å². The number of fused-ring (bicyclic) bond motifs is 1. The second-order valence-corrected chi connectivity index (χ2v) is 7.04. The Morgan fingerprint density at radius 1 is 1.07 bits per heavy atom. The van der Waals surface area contributed by atoms with E-state index in [1.54, 1.807) is 28.2 Å². The molecule has 0 aliphatic carbocycles. The van der Waals surface area contributed by atoms with Gasteiger partial charge in [-0.15, -0.1) is 0 Å². The van der Waals surface area contributed by atoms with Crippen molar-refractivity contribution < 1.29 is 18.7 Å². The second-order valence-electron chi connectivity index (χ2n) is 7.04. The van der Waals surface area contributed by atoms with Crippen LogP contribution in [0.25, 0.3) is 0 Å². The van der Waals surface area contributed by atoms with Crippen LogP contribution in [0.3, 0.4) is 0 Å². The van der Waals surface area contributed by atoms with Crippen LogP contribution in [0.2, 0.25) is 0 Å². The number of ether oxygens (including phenoxy) is 1. The van der Waals surface area contributed by atoms with Crippen LogP contribution >= 0.6 is 0 Å². The first-order chi connectivity index (χ1) is 14.0. The Bertz CT molecular complexity index is 1010. The average molecular weight is 390 g/mol. The summed E-state index contributed by atoms with van der Waals surface area (Å²) in [5.41, 5.74) is 2.52. The maximum atomic E-state index is 13.5. The summed E-state index contributed by atoms with van der Waals surface area (Å²) in [7, 11) is 0. The van der Waals surface area contributed by atoms with Crippen LogP contribution in [0.15, 0.2) is 71.3 Å². The predicted octanol–water partition coefficient (Wildman–Crippen LogP) is 3.94. The van der Waals surface area contributed by atoms with Crippen molar-refractivity contribution in [2.75, 3.05) is 16.3 Å². The molecular weight excluding hydrogens is 368 g/mol. The molecule has 0 radical (unpaired) electrons. The molecule has 0 saturated heterocycles. The lowest BCUT2D eigenvalue weighted by atomic mass is 10.1. The van der Waals surface area contributed by atoms with Crippen molar-refractivity contribution in [3.8, 4) is 5.75 Å². The van der Waals surface area contributed by atoms with Crippen LogP contribution in [0, 0.1) is 6.92 Å². The zero-order valence-electron chi connectivity index (χ0n) is 16.4. The minimum atomic E-state index is -0.815. The molecule has 6 heteroatoms. The molecule has 0 spiro atoms. The third kappa shape index (κ3) is 3.87. The lowest BCUT2D eigenvalue weighted by Crippen LogP contribution is -2.51. The second kappa shape index (κ2) is 7.83. The highest BCUT2D eigenvalue weighted by atomic mass is 16.5. The summed E-state index contributed by atoms with van der Waals surface area (Å²) < 4.78 is 11.5. The molecule has 2 heterocycles. The molecule has 1 unspecified atom stereocenters. The van der Waals surface area contributed by atoms with Crippen molar-refractivity contribution in [3.63, 3.8) is 0 Å². The van der Waals surface area contributed by atoms with Gasteiger partial charge in [0.25, 0.3) is 5.91 Å². The molecular formula is C23H22N2O4. The van der Waals surface area contributed by atoms with E-state index in [4.69, 9.17) is 9.15 Å². The van der Waals surface area contributed by atoms with E-state index in [9.17, 15) is 9.59 Å². The minimum absolute atomic E-state index is 0.133. The summed E-state index contributed by atoms with van der Waals surface area (Å²) in [6.45, 7) is 3.92. The van der Waals surface area contributed by atoms with Gasteiger partial charge in [0.05, 0.1) is 25.0 Å². The number of amides is 2. The highest BCUT2D eigenvalue weighted by Crippen LogP contribution is 2.34. The van der Waals surface area contributed by atoms with Crippen molar-refractivity contribution in [3.05, 3.63) is 78.3 Å². The zero-order chi connectivity index (χ0) is 20.4. The molecule has 1 atom stereocenters. The summed E-state index contributed by atoms with van der Waals surface area (Å²) in [6.07, 6.45) is 0.767. The van der Waals surface area contributed by atoms with E-state index in [2.05, 4.69) is 0 Å². The van der Waals surface area contributed by atoms with E-state index in [-0.39, 0.29) is 24.9 Å². The number of anilines is 2. The standard InChI is InChI=1S/C23H22N2O4/c1-16-9-11-18(12-10-16)25(14-19-6-5-13-28-19)23(27)22-15-24(17(2)26)20-7-3-4-8-21(20)29-22/h3-13,22H,14-15H2,1-2H3. The van der Waals surface area contributed by atoms with Gasteiger partial charge in [0.15, 0.2) is 6.10 Å². The molecule has 0 saturated carbocycles. The van der Waals surface area contributed by atoms with E-state index >= 15 is 0 Å². The summed E-state index contributed by atoms with van der Waals surface area (Å²) in [4.78, 5) is 28.9. The largest absolute Gasteiger partial charge is 0.476 e. The van der Waals surface area contributed by atoms with Gasteiger partial charge < -0.3 is 19.0 Å². The molecule has 29 heavy (non-hydrogen) atoms.